The molecule has 1 heterocycles. The van der Waals surface area contributed by atoms with Gasteiger partial charge in [0.15, 0.2) is 0 Å². The largest absolute Gasteiger partial charge is 0.395 e. The van der Waals surface area contributed by atoms with Gasteiger partial charge in [0.2, 0.25) is 5.91 Å². The van der Waals surface area contributed by atoms with Gasteiger partial charge in [0.1, 0.15) is 6.54 Å². The topological polar surface area (TPSA) is 45.5 Å². The third kappa shape index (κ3) is 2.66. The molecule has 1 amide bonds. The van der Waals surface area contributed by atoms with Crippen molar-refractivity contribution in [1.29, 1.82) is 0 Å². The number of carbonyl (C=O) groups excluding carboxylic acids is 1. The maximum Gasteiger partial charge on any atom is 0.242 e. The van der Waals surface area contributed by atoms with Crippen molar-refractivity contribution in [3.63, 3.8) is 0 Å². The molecule has 5 heteroatoms. The van der Waals surface area contributed by atoms with Gasteiger partial charge in [0.05, 0.1) is 6.61 Å². The molecule has 0 bridgehead atoms. The van der Waals surface area contributed by atoms with Crippen LogP contribution in [0.25, 0.3) is 10.9 Å². The summed E-state index contributed by atoms with van der Waals surface area (Å²) in [7, 11) is 1.68. The summed E-state index contributed by atoms with van der Waals surface area (Å²) in [5, 5.41) is 10.5. The molecule has 2 aromatic rings. The molecular weight excluding hydrogens is 252 g/mol. The van der Waals surface area contributed by atoms with Crippen LogP contribution in [0.5, 0.6) is 0 Å². The zero-order valence-corrected chi connectivity index (χ0v) is 10.9. The summed E-state index contributed by atoms with van der Waals surface area (Å²) in [5.74, 6) is -0.0403. The molecule has 0 atom stereocenters. The molecule has 18 heavy (non-hydrogen) atoms. The van der Waals surface area contributed by atoms with Crippen molar-refractivity contribution in [3.8, 4) is 0 Å². The summed E-state index contributed by atoms with van der Waals surface area (Å²) in [5.41, 5.74) is 0.938. The summed E-state index contributed by atoms with van der Waals surface area (Å²) in [4.78, 5) is 13.4. The highest BCUT2D eigenvalue weighted by atomic mass is 35.5. The summed E-state index contributed by atoms with van der Waals surface area (Å²) in [6, 6.07) is 7.55. The summed E-state index contributed by atoms with van der Waals surface area (Å²) < 4.78 is 1.86. The number of carbonyl (C=O) groups is 1. The Kier molecular flexibility index (Phi) is 3.89. The first-order valence-corrected chi connectivity index (χ1v) is 6.09. The highest BCUT2D eigenvalue weighted by molar-refractivity contribution is 6.31. The Morgan fingerprint density at radius 3 is 2.94 bits per heavy atom. The highest BCUT2D eigenvalue weighted by Gasteiger charge is 2.10. The Morgan fingerprint density at radius 2 is 2.22 bits per heavy atom. The monoisotopic (exact) mass is 266 g/mol. The van der Waals surface area contributed by atoms with Crippen LogP contribution in [-0.2, 0) is 11.3 Å². The predicted octanol–water partition coefficient (Wildman–Crippen LogP) is 1.75. The predicted molar refractivity (Wildman–Crippen MR) is 71.7 cm³/mol. The Morgan fingerprint density at radius 1 is 1.44 bits per heavy atom. The molecule has 0 aliphatic heterocycles. The standard InChI is InChI=1S/C13H15ClN2O2/c1-15(6-7-17)13(18)9-16-5-4-10-2-3-11(14)8-12(10)16/h2-5,8,17H,6-7,9H2,1H3. The van der Waals surface area contributed by atoms with Gasteiger partial charge in [-0.2, -0.15) is 0 Å². The van der Waals surface area contributed by atoms with Crippen molar-refractivity contribution < 1.29 is 9.90 Å². The Balaban J connectivity index is 2.21. The third-order valence-corrected chi connectivity index (χ3v) is 3.14. The quantitative estimate of drug-likeness (QED) is 0.916. The average molecular weight is 267 g/mol. The third-order valence-electron chi connectivity index (χ3n) is 2.90. The van der Waals surface area contributed by atoms with Crippen LogP contribution >= 0.6 is 11.6 Å². The number of benzene rings is 1. The van der Waals surface area contributed by atoms with E-state index in [4.69, 9.17) is 16.7 Å². The fourth-order valence-electron chi connectivity index (χ4n) is 1.84. The van der Waals surface area contributed by atoms with Gasteiger partial charge in [-0.25, -0.2) is 0 Å². The zero-order chi connectivity index (χ0) is 13.1. The Labute approximate surface area is 110 Å². The zero-order valence-electron chi connectivity index (χ0n) is 10.1. The van der Waals surface area contributed by atoms with Gasteiger partial charge >= 0.3 is 0 Å². The molecule has 1 aromatic carbocycles. The lowest BCUT2D eigenvalue weighted by Crippen LogP contribution is -2.32. The molecule has 0 saturated heterocycles. The highest BCUT2D eigenvalue weighted by Crippen LogP contribution is 2.20. The maximum atomic E-state index is 11.9. The van der Waals surface area contributed by atoms with E-state index in [1.165, 1.54) is 4.90 Å². The average Bonchev–Trinajstić information content (AvgIpc) is 2.72. The van der Waals surface area contributed by atoms with Gasteiger partial charge < -0.3 is 14.6 Å². The summed E-state index contributed by atoms with van der Waals surface area (Å²) >= 11 is 5.95. The summed E-state index contributed by atoms with van der Waals surface area (Å²) in [6.45, 7) is 0.569. The van der Waals surface area contributed by atoms with Crippen LogP contribution in [-0.4, -0.2) is 40.7 Å². The fraction of sp³-hybridized carbons (Fsp3) is 0.308. The van der Waals surface area contributed by atoms with E-state index in [1.54, 1.807) is 7.05 Å². The molecule has 0 aliphatic carbocycles. The van der Waals surface area contributed by atoms with E-state index in [1.807, 2.05) is 35.0 Å². The fourth-order valence-corrected chi connectivity index (χ4v) is 2.00. The van der Waals surface area contributed by atoms with E-state index in [0.717, 1.165) is 10.9 Å². The van der Waals surface area contributed by atoms with Crippen LogP contribution in [0.1, 0.15) is 0 Å². The molecule has 0 unspecified atom stereocenters. The second-order valence-electron chi connectivity index (χ2n) is 4.19. The van der Waals surface area contributed by atoms with E-state index in [2.05, 4.69) is 0 Å². The molecule has 0 saturated carbocycles. The van der Waals surface area contributed by atoms with Crippen LogP contribution in [0.15, 0.2) is 30.5 Å². The van der Waals surface area contributed by atoms with Crippen LogP contribution < -0.4 is 0 Å². The number of amides is 1. The van der Waals surface area contributed by atoms with Crippen molar-refractivity contribution in [2.24, 2.45) is 0 Å². The van der Waals surface area contributed by atoms with Gasteiger partial charge in [0.25, 0.3) is 0 Å². The number of hydrogen-bond donors (Lipinski definition) is 1. The lowest BCUT2D eigenvalue weighted by Gasteiger charge is -2.16. The molecule has 0 fully saturated rings. The molecule has 4 nitrogen and oxygen atoms in total. The lowest BCUT2D eigenvalue weighted by molar-refractivity contribution is -0.130. The van der Waals surface area contributed by atoms with Crippen molar-refractivity contribution in [2.45, 2.75) is 6.54 Å². The lowest BCUT2D eigenvalue weighted by atomic mass is 10.2. The van der Waals surface area contributed by atoms with Gasteiger partial charge in [0, 0.05) is 30.3 Å². The minimum atomic E-state index is -0.0403. The number of likely N-dealkylation sites (N-methyl/N-ethyl adjacent to an activating group) is 1. The van der Waals surface area contributed by atoms with E-state index in [-0.39, 0.29) is 19.1 Å². The molecule has 96 valence electrons. The number of aliphatic hydroxyl groups excluding tert-OH is 1. The van der Waals surface area contributed by atoms with Crippen LogP contribution in [0.2, 0.25) is 5.02 Å². The van der Waals surface area contributed by atoms with Crippen LogP contribution in [0.4, 0.5) is 0 Å². The SMILES string of the molecule is CN(CCO)C(=O)Cn1ccc2ccc(Cl)cc21. The number of hydrogen-bond acceptors (Lipinski definition) is 2. The van der Waals surface area contributed by atoms with E-state index < -0.39 is 0 Å². The minimum Gasteiger partial charge on any atom is -0.395 e. The van der Waals surface area contributed by atoms with Crippen molar-refractivity contribution in [1.82, 2.24) is 9.47 Å². The van der Waals surface area contributed by atoms with Crippen molar-refractivity contribution in [2.75, 3.05) is 20.2 Å². The number of nitrogens with zero attached hydrogens (tertiary/aromatic N) is 2. The Bertz CT molecular complexity index is 565. The van der Waals surface area contributed by atoms with Crippen molar-refractivity contribution in [3.05, 3.63) is 35.5 Å². The van der Waals surface area contributed by atoms with Gasteiger partial charge in [-0.3, -0.25) is 4.79 Å². The number of fused-ring (bicyclic) bond motifs is 1. The minimum absolute atomic E-state index is 0.0273. The molecule has 0 radical (unpaired) electrons. The van der Waals surface area contributed by atoms with Gasteiger partial charge in [-0.05, 0) is 23.6 Å². The van der Waals surface area contributed by atoms with Crippen LogP contribution in [0.3, 0.4) is 0 Å². The number of aliphatic hydroxyl groups is 1. The molecule has 2 rings (SSSR count). The van der Waals surface area contributed by atoms with E-state index in [9.17, 15) is 4.79 Å². The number of halogens is 1. The maximum absolute atomic E-state index is 11.9. The number of aromatic nitrogens is 1. The second kappa shape index (κ2) is 5.42. The molecule has 0 aliphatic rings. The molecule has 1 N–H and O–H groups in total. The number of rotatable bonds is 4. The first-order chi connectivity index (χ1) is 8.61. The first-order valence-electron chi connectivity index (χ1n) is 5.71. The normalized spacial score (nSPS) is 10.8. The molecule has 1 aromatic heterocycles. The second-order valence-corrected chi connectivity index (χ2v) is 4.62. The van der Waals surface area contributed by atoms with Gasteiger partial charge in [-0.1, -0.05) is 17.7 Å². The van der Waals surface area contributed by atoms with Crippen LogP contribution in [0, 0.1) is 0 Å². The first kappa shape index (κ1) is 12.9. The van der Waals surface area contributed by atoms with E-state index >= 15 is 0 Å². The smallest absolute Gasteiger partial charge is 0.242 e. The molecule has 0 spiro atoms. The van der Waals surface area contributed by atoms with Crippen molar-refractivity contribution >= 4 is 28.4 Å². The van der Waals surface area contributed by atoms with Gasteiger partial charge in [-0.15, -0.1) is 0 Å². The Hall–Kier alpha value is -1.52. The van der Waals surface area contributed by atoms with E-state index in [0.29, 0.717) is 11.6 Å². The summed E-state index contributed by atoms with van der Waals surface area (Å²) in [6.07, 6.45) is 1.87. The molecular formula is C13H15ClN2O2.